The molecule has 2 rings (SSSR count). The smallest absolute Gasteiger partial charge is 0.323 e. The van der Waals surface area contributed by atoms with Gasteiger partial charge in [0, 0.05) is 13.1 Å². The van der Waals surface area contributed by atoms with Gasteiger partial charge < -0.3 is 15.3 Å². The van der Waals surface area contributed by atoms with E-state index in [0.29, 0.717) is 19.0 Å². The number of nitrogens with one attached hydrogen (secondary N) is 1. The van der Waals surface area contributed by atoms with E-state index in [2.05, 4.69) is 12.2 Å². The summed E-state index contributed by atoms with van der Waals surface area (Å²) in [5.41, 5.74) is 0.240. The number of carbonyl (C=O) groups is 2. The van der Waals surface area contributed by atoms with Crippen LogP contribution in [-0.4, -0.2) is 41.6 Å². The summed E-state index contributed by atoms with van der Waals surface area (Å²) < 4.78 is 0. The van der Waals surface area contributed by atoms with Crippen molar-refractivity contribution in [3.05, 3.63) is 0 Å². The first-order valence-electron chi connectivity index (χ1n) is 7.79. The van der Waals surface area contributed by atoms with Crippen LogP contribution in [0.2, 0.25) is 0 Å². The maximum Gasteiger partial charge on any atom is 0.323 e. The molecule has 0 heterocycles. The summed E-state index contributed by atoms with van der Waals surface area (Å²) in [6, 6.07) is -0.209. The summed E-state index contributed by atoms with van der Waals surface area (Å²) in [5.74, 6) is -0.432. The average Bonchev–Trinajstić information content (AvgIpc) is 3.11. The minimum Gasteiger partial charge on any atom is -0.480 e. The molecule has 0 spiro atoms. The SMILES string of the molecule is CCC1(CNC(=O)N(CC(=O)O)CC2CC2)CCCC1. The molecule has 0 radical (unpaired) electrons. The molecule has 0 aromatic rings. The Morgan fingerprint density at radius 1 is 1.30 bits per heavy atom. The second-order valence-electron chi connectivity index (χ2n) is 6.44. The molecule has 0 unspecified atom stereocenters. The summed E-state index contributed by atoms with van der Waals surface area (Å²) in [7, 11) is 0. The fourth-order valence-electron chi connectivity index (χ4n) is 3.15. The lowest BCUT2D eigenvalue weighted by atomic mass is 9.83. The molecule has 2 saturated carbocycles. The van der Waals surface area contributed by atoms with Gasteiger partial charge in [-0.3, -0.25) is 4.79 Å². The number of hydrogen-bond donors (Lipinski definition) is 2. The molecule has 2 fully saturated rings. The van der Waals surface area contributed by atoms with Gasteiger partial charge in [-0.15, -0.1) is 0 Å². The van der Waals surface area contributed by atoms with Crippen LogP contribution < -0.4 is 5.32 Å². The van der Waals surface area contributed by atoms with Gasteiger partial charge in [0.2, 0.25) is 0 Å². The number of rotatable bonds is 7. The molecule has 5 heteroatoms. The Kier molecular flexibility index (Phi) is 4.89. The van der Waals surface area contributed by atoms with Crippen molar-refractivity contribution in [2.75, 3.05) is 19.6 Å². The van der Waals surface area contributed by atoms with Crippen molar-refractivity contribution in [3.63, 3.8) is 0 Å². The molecule has 0 aliphatic heterocycles. The molecule has 0 bridgehead atoms. The van der Waals surface area contributed by atoms with Gasteiger partial charge in [-0.2, -0.15) is 0 Å². The predicted molar refractivity (Wildman–Crippen MR) is 76.5 cm³/mol. The lowest BCUT2D eigenvalue weighted by Gasteiger charge is -2.29. The molecule has 20 heavy (non-hydrogen) atoms. The molecular formula is C15H26N2O3. The van der Waals surface area contributed by atoms with Crippen molar-refractivity contribution < 1.29 is 14.7 Å². The van der Waals surface area contributed by atoms with Crippen molar-refractivity contribution >= 4 is 12.0 Å². The Labute approximate surface area is 120 Å². The zero-order chi connectivity index (χ0) is 14.6. The summed E-state index contributed by atoms with van der Waals surface area (Å²) >= 11 is 0. The second kappa shape index (κ2) is 6.46. The van der Waals surface area contributed by atoms with Crippen LogP contribution >= 0.6 is 0 Å². The monoisotopic (exact) mass is 282 g/mol. The Morgan fingerprint density at radius 2 is 1.95 bits per heavy atom. The van der Waals surface area contributed by atoms with E-state index in [1.807, 2.05) is 0 Å². The van der Waals surface area contributed by atoms with Crippen molar-refractivity contribution in [1.29, 1.82) is 0 Å². The Bertz CT molecular complexity index is 360. The fourth-order valence-corrected chi connectivity index (χ4v) is 3.15. The fraction of sp³-hybridized carbons (Fsp3) is 0.867. The number of urea groups is 1. The lowest BCUT2D eigenvalue weighted by Crippen LogP contribution is -2.46. The van der Waals surface area contributed by atoms with Crippen LogP contribution in [0.15, 0.2) is 0 Å². The third kappa shape index (κ3) is 4.12. The lowest BCUT2D eigenvalue weighted by molar-refractivity contribution is -0.137. The number of carbonyl (C=O) groups excluding carboxylic acids is 1. The van der Waals surface area contributed by atoms with Crippen LogP contribution in [-0.2, 0) is 4.79 Å². The number of carboxylic acid groups (broad SMARTS) is 1. The first kappa shape index (κ1) is 15.1. The molecule has 0 saturated heterocycles. The number of aliphatic carboxylic acids is 1. The quantitative estimate of drug-likeness (QED) is 0.753. The van der Waals surface area contributed by atoms with Crippen LogP contribution in [0.25, 0.3) is 0 Å². The molecule has 0 aromatic carbocycles. The standard InChI is InChI=1S/C15H26N2O3/c1-2-15(7-3-4-8-15)11-16-14(20)17(10-13(18)19)9-12-5-6-12/h12H,2-11H2,1H3,(H,16,20)(H,18,19). The maximum atomic E-state index is 12.2. The van der Waals surface area contributed by atoms with Crippen LogP contribution in [0.4, 0.5) is 4.79 Å². The van der Waals surface area contributed by atoms with Crippen LogP contribution in [0.3, 0.4) is 0 Å². The first-order valence-corrected chi connectivity index (χ1v) is 7.79. The van der Waals surface area contributed by atoms with E-state index >= 15 is 0 Å². The third-order valence-electron chi connectivity index (χ3n) is 4.82. The average molecular weight is 282 g/mol. The molecule has 114 valence electrons. The minimum absolute atomic E-state index is 0.193. The Balaban J connectivity index is 1.84. The summed E-state index contributed by atoms with van der Waals surface area (Å²) in [4.78, 5) is 24.5. The summed E-state index contributed by atoms with van der Waals surface area (Å²) in [6.45, 7) is 3.25. The number of carboxylic acids is 1. The highest BCUT2D eigenvalue weighted by atomic mass is 16.4. The molecule has 2 aliphatic carbocycles. The zero-order valence-electron chi connectivity index (χ0n) is 12.4. The largest absolute Gasteiger partial charge is 0.480 e. The van der Waals surface area contributed by atoms with E-state index in [9.17, 15) is 9.59 Å². The second-order valence-corrected chi connectivity index (χ2v) is 6.44. The highest BCUT2D eigenvalue weighted by Gasteiger charge is 2.33. The number of nitrogens with zero attached hydrogens (tertiary/aromatic N) is 1. The molecule has 2 aliphatic rings. The molecule has 2 amide bonds. The van der Waals surface area contributed by atoms with Gasteiger partial charge in [-0.25, -0.2) is 4.79 Å². The Morgan fingerprint density at radius 3 is 2.45 bits per heavy atom. The van der Waals surface area contributed by atoms with E-state index in [1.165, 1.54) is 30.6 Å². The number of amides is 2. The molecule has 2 N–H and O–H groups in total. The highest BCUT2D eigenvalue weighted by molar-refractivity contribution is 5.80. The van der Waals surface area contributed by atoms with E-state index in [4.69, 9.17) is 5.11 Å². The van der Waals surface area contributed by atoms with Gasteiger partial charge in [-0.05, 0) is 43.4 Å². The van der Waals surface area contributed by atoms with Gasteiger partial charge in [0.05, 0.1) is 0 Å². The van der Waals surface area contributed by atoms with E-state index in [0.717, 1.165) is 19.3 Å². The number of hydrogen-bond acceptors (Lipinski definition) is 2. The van der Waals surface area contributed by atoms with E-state index < -0.39 is 5.97 Å². The van der Waals surface area contributed by atoms with Crippen LogP contribution in [0, 0.1) is 11.3 Å². The van der Waals surface area contributed by atoms with Crippen LogP contribution in [0.1, 0.15) is 51.9 Å². The molecule has 0 atom stereocenters. The topological polar surface area (TPSA) is 69.6 Å². The van der Waals surface area contributed by atoms with Crippen molar-refractivity contribution in [2.45, 2.75) is 51.9 Å². The van der Waals surface area contributed by atoms with E-state index in [1.54, 1.807) is 0 Å². The van der Waals surface area contributed by atoms with Crippen molar-refractivity contribution in [1.82, 2.24) is 10.2 Å². The van der Waals surface area contributed by atoms with Gasteiger partial charge >= 0.3 is 12.0 Å². The van der Waals surface area contributed by atoms with Gasteiger partial charge in [0.1, 0.15) is 6.54 Å². The van der Waals surface area contributed by atoms with Crippen molar-refractivity contribution in [2.24, 2.45) is 11.3 Å². The molecular weight excluding hydrogens is 256 g/mol. The van der Waals surface area contributed by atoms with Crippen LogP contribution in [0.5, 0.6) is 0 Å². The summed E-state index contributed by atoms with van der Waals surface area (Å²) in [5, 5.41) is 11.9. The highest BCUT2D eigenvalue weighted by Crippen LogP contribution is 2.40. The summed E-state index contributed by atoms with van der Waals surface area (Å²) in [6.07, 6.45) is 8.13. The maximum absolute atomic E-state index is 12.2. The van der Waals surface area contributed by atoms with Gasteiger partial charge in [0.25, 0.3) is 0 Å². The van der Waals surface area contributed by atoms with E-state index in [-0.39, 0.29) is 18.0 Å². The Hall–Kier alpha value is -1.26. The molecule has 0 aromatic heterocycles. The van der Waals surface area contributed by atoms with Gasteiger partial charge in [-0.1, -0.05) is 19.8 Å². The third-order valence-corrected chi connectivity index (χ3v) is 4.82. The normalized spacial score (nSPS) is 20.6. The zero-order valence-corrected chi connectivity index (χ0v) is 12.4. The predicted octanol–water partition coefficient (Wildman–Crippen LogP) is 2.46. The first-order chi connectivity index (χ1) is 9.54. The molecule has 5 nitrogen and oxygen atoms in total. The van der Waals surface area contributed by atoms with Gasteiger partial charge in [0.15, 0.2) is 0 Å². The minimum atomic E-state index is -0.938. The van der Waals surface area contributed by atoms with Crippen molar-refractivity contribution in [3.8, 4) is 0 Å².